The number of aromatic nitrogens is 2. The maximum atomic E-state index is 13.2. The Bertz CT molecular complexity index is 716. The van der Waals surface area contributed by atoms with E-state index >= 15 is 0 Å². The highest BCUT2D eigenvalue weighted by Gasteiger charge is 2.46. The van der Waals surface area contributed by atoms with Crippen LogP contribution in [0, 0.1) is 0 Å². The van der Waals surface area contributed by atoms with Gasteiger partial charge in [-0.15, -0.1) is 0 Å². The van der Waals surface area contributed by atoms with Crippen molar-refractivity contribution < 1.29 is 9.59 Å². The first-order valence-corrected chi connectivity index (χ1v) is 10.6. The molecule has 1 spiro atoms. The number of nitrogens with one attached hydrogen (secondary N) is 3. The van der Waals surface area contributed by atoms with Gasteiger partial charge in [-0.1, -0.05) is 12.8 Å². The van der Waals surface area contributed by atoms with Gasteiger partial charge in [-0.05, 0) is 26.7 Å². The summed E-state index contributed by atoms with van der Waals surface area (Å²) in [5.74, 6) is 0.233. The lowest BCUT2D eigenvalue weighted by molar-refractivity contribution is -0.136. The van der Waals surface area contributed by atoms with Crippen molar-refractivity contribution in [2.45, 2.75) is 63.6 Å². The molecule has 1 aromatic rings. The fraction of sp³-hybridized carbons (Fsp3) is 0.750. The molecule has 3 aliphatic rings. The molecule has 8 nitrogen and oxygen atoms in total. The van der Waals surface area contributed by atoms with E-state index in [1.54, 1.807) is 6.33 Å². The number of amides is 2. The number of H-pyrrole nitrogens is 1. The van der Waals surface area contributed by atoms with Crippen LogP contribution in [-0.2, 0) is 21.5 Å². The fourth-order valence-corrected chi connectivity index (χ4v) is 4.97. The summed E-state index contributed by atoms with van der Waals surface area (Å²) < 4.78 is 0. The summed E-state index contributed by atoms with van der Waals surface area (Å²) in [5, 5.41) is 6.61. The molecule has 2 amide bonds. The zero-order valence-corrected chi connectivity index (χ0v) is 17.0. The SMILES string of the molecule is CC(C)NC(=O)CN1CCN(C(=O)[C@@H]2Cc3[nH]cnc3C3(CCCC3)N2)CC1. The molecule has 2 aliphatic heterocycles. The van der Waals surface area contributed by atoms with Gasteiger partial charge in [-0.2, -0.15) is 0 Å². The summed E-state index contributed by atoms with van der Waals surface area (Å²) in [7, 11) is 0. The number of fused-ring (bicyclic) bond motifs is 2. The van der Waals surface area contributed by atoms with Gasteiger partial charge in [0.1, 0.15) is 0 Å². The number of nitrogens with zero attached hydrogens (tertiary/aromatic N) is 3. The molecule has 1 saturated heterocycles. The molecular formula is C20H32N6O2. The maximum absolute atomic E-state index is 13.2. The van der Waals surface area contributed by atoms with E-state index in [9.17, 15) is 9.59 Å². The summed E-state index contributed by atoms with van der Waals surface area (Å²) in [6.07, 6.45) is 6.89. The van der Waals surface area contributed by atoms with Crippen LogP contribution < -0.4 is 10.6 Å². The fourth-order valence-electron chi connectivity index (χ4n) is 4.97. The number of piperazine rings is 1. The molecule has 1 saturated carbocycles. The van der Waals surface area contributed by atoms with Crippen LogP contribution >= 0.6 is 0 Å². The average Bonchev–Trinajstić information content (AvgIpc) is 3.31. The first kappa shape index (κ1) is 19.4. The molecule has 0 radical (unpaired) electrons. The highest BCUT2D eigenvalue weighted by molar-refractivity contribution is 5.83. The van der Waals surface area contributed by atoms with Crippen molar-refractivity contribution in [3.63, 3.8) is 0 Å². The van der Waals surface area contributed by atoms with Gasteiger partial charge >= 0.3 is 0 Å². The van der Waals surface area contributed by atoms with Crippen LogP contribution in [0.3, 0.4) is 0 Å². The Balaban J connectivity index is 1.35. The van der Waals surface area contributed by atoms with Crippen molar-refractivity contribution in [3.05, 3.63) is 17.7 Å². The van der Waals surface area contributed by atoms with Crippen LogP contribution in [0.4, 0.5) is 0 Å². The lowest BCUT2D eigenvalue weighted by atomic mass is 9.84. The number of imidazole rings is 1. The Kier molecular flexibility index (Phi) is 5.42. The number of rotatable bonds is 4. The predicted octanol–water partition coefficient (Wildman–Crippen LogP) is 0.362. The van der Waals surface area contributed by atoms with Crippen molar-refractivity contribution in [2.75, 3.05) is 32.7 Å². The van der Waals surface area contributed by atoms with E-state index in [-0.39, 0.29) is 29.4 Å². The van der Waals surface area contributed by atoms with E-state index in [1.165, 1.54) is 12.8 Å². The highest BCUT2D eigenvalue weighted by atomic mass is 16.2. The van der Waals surface area contributed by atoms with Gasteiger partial charge in [-0.25, -0.2) is 4.98 Å². The molecule has 0 aromatic carbocycles. The lowest BCUT2D eigenvalue weighted by Crippen LogP contribution is -2.60. The number of carbonyl (C=O) groups excluding carboxylic acids is 2. The predicted molar refractivity (Wildman–Crippen MR) is 106 cm³/mol. The summed E-state index contributed by atoms with van der Waals surface area (Å²) in [4.78, 5) is 37.1. The second-order valence-electron chi connectivity index (χ2n) is 8.74. The molecule has 1 aromatic heterocycles. The third-order valence-corrected chi connectivity index (χ3v) is 6.29. The van der Waals surface area contributed by atoms with Gasteiger partial charge in [0.25, 0.3) is 0 Å². The molecular weight excluding hydrogens is 356 g/mol. The number of hydrogen-bond acceptors (Lipinski definition) is 5. The van der Waals surface area contributed by atoms with Crippen LogP contribution in [0.15, 0.2) is 6.33 Å². The second-order valence-corrected chi connectivity index (χ2v) is 8.74. The van der Waals surface area contributed by atoms with Crippen LogP contribution in [0.5, 0.6) is 0 Å². The minimum Gasteiger partial charge on any atom is -0.353 e. The Morgan fingerprint density at radius 1 is 1.25 bits per heavy atom. The monoisotopic (exact) mass is 388 g/mol. The molecule has 0 unspecified atom stereocenters. The standard InChI is InChI=1S/C20H32N6O2/c1-14(2)23-17(27)12-25-7-9-26(10-8-25)19(28)16-11-15-18(22-13-21-15)20(24-16)5-3-4-6-20/h13-14,16,24H,3-12H2,1-2H3,(H,21,22)(H,23,27)/t16-/m0/s1. The molecule has 28 heavy (non-hydrogen) atoms. The van der Waals surface area contributed by atoms with E-state index < -0.39 is 0 Å². The topological polar surface area (TPSA) is 93.4 Å². The second kappa shape index (κ2) is 7.83. The quantitative estimate of drug-likeness (QED) is 0.693. The van der Waals surface area contributed by atoms with E-state index in [1.807, 2.05) is 18.7 Å². The Hall–Kier alpha value is -1.93. The van der Waals surface area contributed by atoms with E-state index in [0.717, 1.165) is 37.3 Å². The summed E-state index contributed by atoms with van der Waals surface area (Å²) in [6.45, 7) is 7.17. The molecule has 2 fully saturated rings. The van der Waals surface area contributed by atoms with Gasteiger partial charge < -0.3 is 15.2 Å². The highest BCUT2D eigenvalue weighted by Crippen LogP contribution is 2.42. The Morgan fingerprint density at radius 2 is 1.96 bits per heavy atom. The van der Waals surface area contributed by atoms with Gasteiger partial charge in [0.15, 0.2) is 0 Å². The third-order valence-electron chi connectivity index (χ3n) is 6.29. The van der Waals surface area contributed by atoms with Gasteiger partial charge in [0, 0.05) is 44.3 Å². The van der Waals surface area contributed by atoms with Crippen LogP contribution in [-0.4, -0.2) is 76.4 Å². The van der Waals surface area contributed by atoms with Gasteiger partial charge in [-0.3, -0.25) is 19.8 Å². The zero-order chi connectivity index (χ0) is 19.7. The summed E-state index contributed by atoms with van der Waals surface area (Å²) >= 11 is 0. The average molecular weight is 389 g/mol. The molecule has 0 bridgehead atoms. The Labute approximate surface area is 166 Å². The minimum absolute atomic E-state index is 0.0543. The number of hydrogen-bond donors (Lipinski definition) is 3. The normalized spacial score (nSPS) is 24.5. The van der Waals surface area contributed by atoms with Crippen molar-refractivity contribution in [1.82, 2.24) is 30.4 Å². The molecule has 1 atom stereocenters. The van der Waals surface area contributed by atoms with Crippen molar-refractivity contribution >= 4 is 11.8 Å². The molecule has 3 heterocycles. The molecule has 154 valence electrons. The van der Waals surface area contributed by atoms with Crippen LogP contribution in [0.1, 0.15) is 50.9 Å². The molecule has 8 heteroatoms. The van der Waals surface area contributed by atoms with E-state index in [4.69, 9.17) is 0 Å². The van der Waals surface area contributed by atoms with Crippen molar-refractivity contribution in [2.24, 2.45) is 0 Å². The van der Waals surface area contributed by atoms with Gasteiger partial charge in [0.05, 0.1) is 30.1 Å². The minimum atomic E-state index is -0.193. The number of aromatic amines is 1. The van der Waals surface area contributed by atoms with Crippen LogP contribution in [0.2, 0.25) is 0 Å². The van der Waals surface area contributed by atoms with E-state index in [0.29, 0.717) is 26.1 Å². The molecule has 4 rings (SSSR count). The van der Waals surface area contributed by atoms with E-state index in [2.05, 4.69) is 25.5 Å². The zero-order valence-electron chi connectivity index (χ0n) is 17.0. The number of carbonyl (C=O) groups is 2. The third kappa shape index (κ3) is 3.80. The van der Waals surface area contributed by atoms with Gasteiger partial charge in [0.2, 0.25) is 11.8 Å². The summed E-state index contributed by atoms with van der Waals surface area (Å²) in [5.41, 5.74) is 2.10. The summed E-state index contributed by atoms with van der Waals surface area (Å²) in [6, 6.07) is -0.0372. The molecule has 1 aliphatic carbocycles. The van der Waals surface area contributed by atoms with Crippen molar-refractivity contribution in [3.8, 4) is 0 Å². The first-order valence-electron chi connectivity index (χ1n) is 10.6. The largest absolute Gasteiger partial charge is 0.353 e. The first-order chi connectivity index (χ1) is 13.5. The Morgan fingerprint density at radius 3 is 2.64 bits per heavy atom. The smallest absolute Gasteiger partial charge is 0.240 e. The van der Waals surface area contributed by atoms with Crippen LogP contribution in [0.25, 0.3) is 0 Å². The lowest BCUT2D eigenvalue weighted by Gasteiger charge is -2.41. The van der Waals surface area contributed by atoms with Crippen molar-refractivity contribution in [1.29, 1.82) is 0 Å². The maximum Gasteiger partial charge on any atom is 0.240 e. The molecule has 3 N–H and O–H groups in total.